The highest BCUT2D eigenvalue weighted by atomic mass is 16.1. The van der Waals surface area contributed by atoms with Crippen molar-refractivity contribution in [3.05, 3.63) is 53.6 Å². The molecule has 80 valence electrons. The highest BCUT2D eigenvalue weighted by molar-refractivity contribution is 6.03. The van der Waals surface area contributed by atoms with Crippen LogP contribution in [-0.4, -0.2) is 11.8 Å². The molecule has 3 rings (SSSR count). The lowest BCUT2D eigenvalue weighted by molar-refractivity contribution is 0.0976. The predicted molar refractivity (Wildman–Crippen MR) is 64.6 cm³/mol. The standard InChI is InChI=1S/C14H13NO/c16-14-9-13(10-5-1-2-6-10)15-12-8-4-3-7-11(12)14/h1-5,7-8,13,15H,6,9H2. The van der Waals surface area contributed by atoms with Crippen molar-refractivity contribution >= 4 is 11.5 Å². The summed E-state index contributed by atoms with van der Waals surface area (Å²) in [5, 5.41) is 3.44. The fraction of sp³-hybridized carbons (Fsp3) is 0.214. The maximum absolute atomic E-state index is 12.0. The van der Waals surface area contributed by atoms with Crippen molar-refractivity contribution in [1.29, 1.82) is 0 Å². The van der Waals surface area contributed by atoms with Crippen LogP contribution in [0, 0.1) is 0 Å². The molecular weight excluding hydrogens is 198 g/mol. The van der Waals surface area contributed by atoms with Gasteiger partial charge in [-0.1, -0.05) is 30.4 Å². The Morgan fingerprint density at radius 3 is 2.94 bits per heavy atom. The first-order valence-corrected chi connectivity index (χ1v) is 5.59. The van der Waals surface area contributed by atoms with E-state index in [-0.39, 0.29) is 11.8 Å². The molecule has 1 aliphatic carbocycles. The molecule has 2 nitrogen and oxygen atoms in total. The van der Waals surface area contributed by atoms with Crippen molar-refractivity contribution in [3.8, 4) is 0 Å². The number of nitrogens with one attached hydrogen (secondary N) is 1. The average Bonchev–Trinajstić information content (AvgIpc) is 2.82. The molecule has 1 heterocycles. The number of fused-ring (bicyclic) bond motifs is 1. The summed E-state index contributed by atoms with van der Waals surface area (Å²) in [4.78, 5) is 12.0. The summed E-state index contributed by atoms with van der Waals surface area (Å²) >= 11 is 0. The molecule has 1 aromatic carbocycles. The average molecular weight is 211 g/mol. The second-order valence-electron chi connectivity index (χ2n) is 4.24. The largest absolute Gasteiger partial charge is 0.377 e. The van der Waals surface area contributed by atoms with E-state index in [1.54, 1.807) is 0 Å². The molecule has 0 radical (unpaired) electrons. The summed E-state index contributed by atoms with van der Waals surface area (Å²) in [6, 6.07) is 7.92. The Labute approximate surface area is 94.7 Å². The number of rotatable bonds is 1. The first kappa shape index (κ1) is 9.40. The van der Waals surface area contributed by atoms with E-state index in [1.165, 1.54) is 5.57 Å². The zero-order valence-corrected chi connectivity index (χ0v) is 8.94. The molecule has 1 atom stereocenters. The zero-order chi connectivity index (χ0) is 11.0. The molecule has 0 bridgehead atoms. The maximum atomic E-state index is 12.0. The molecule has 0 saturated carbocycles. The van der Waals surface area contributed by atoms with E-state index in [4.69, 9.17) is 0 Å². The van der Waals surface area contributed by atoms with Crippen LogP contribution in [0.4, 0.5) is 5.69 Å². The van der Waals surface area contributed by atoms with Gasteiger partial charge < -0.3 is 5.32 Å². The van der Waals surface area contributed by atoms with E-state index in [9.17, 15) is 4.79 Å². The van der Waals surface area contributed by atoms with E-state index in [0.717, 1.165) is 17.7 Å². The fourth-order valence-electron chi connectivity index (χ4n) is 2.33. The van der Waals surface area contributed by atoms with Crippen LogP contribution in [0.25, 0.3) is 0 Å². The Morgan fingerprint density at radius 2 is 2.12 bits per heavy atom. The van der Waals surface area contributed by atoms with Gasteiger partial charge in [0.1, 0.15) is 0 Å². The van der Waals surface area contributed by atoms with Crippen LogP contribution in [0.15, 0.2) is 48.1 Å². The number of benzene rings is 1. The molecule has 1 aromatic rings. The quantitative estimate of drug-likeness (QED) is 0.773. The number of Topliss-reactive ketones (excluding diaryl/α,β-unsaturated/α-hetero) is 1. The smallest absolute Gasteiger partial charge is 0.167 e. The fourth-order valence-corrected chi connectivity index (χ4v) is 2.33. The highest BCUT2D eigenvalue weighted by Crippen LogP contribution is 2.29. The van der Waals surface area contributed by atoms with Gasteiger partial charge >= 0.3 is 0 Å². The molecule has 2 heteroatoms. The Kier molecular flexibility index (Phi) is 2.13. The predicted octanol–water partition coefficient (Wildman–Crippen LogP) is 2.94. The monoisotopic (exact) mass is 211 g/mol. The molecule has 0 fully saturated rings. The molecule has 0 spiro atoms. The number of hydrogen-bond donors (Lipinski definition) is 1. The van der Waals surface area contributed by atoms with Gasteiger partial charge in [0.25, 0.3) is 0 Å². The van der Waals surface area contributed by atoms with Gasteiger partial charge in [-0.15, -0.1) is 0 Å². The van der Waals surface area contributed by atoms with Crippen LogP contribution in [-0.2, 0) is 0 Å². The number of anilines is 1. The van der Waals surface area contributed by atoms with Gasteiger partial charge in [-0.3, -0.25) is 4.79 Å². The molecule has 1 N–H and O–H groups in total. The molecular formula is C14H13NO. The Hall–Kier alpha value is -1.83. The number of ketones is 1. The molecule has 0 saturated heterocycles. The van der Waals surface area contributed by atoms with Crippen molar-refractivity contribution in [2.24, 2.45) is 0 Å². The van der Waals surface area contributed by atoms with Gasteiger partial charge in [0, 0.05) is 17.7 Å². The summed E-state index contributed by atoms with van der Waals surface area (Å²) in [7, 11) is 0. The summed E-state index contributed by atoms with van der Waals surface area (Å²) in [6.07, 6.45) is 7.83. The summed E-state index contributed by atoms with van der Waals surface area (Å²) < 4.78 is 0. The van der Waals surface area contributed by atoms with Crippen molar-refractivity contribution in [3.63, 3.8) is 0 Å². The number of carbonyl (C=O) groups excluding carboxylic acids is 1. The Bertz CT molecular complexity index is 499. The minimum atomic E-state index is 0.178. The minimum Gasteiger partial charge on any atom is -0.377 e. The van der Waals surface area contributed by atoms with Gasteiger partial charge in [0.15, 0.2) is 5.78 Å². The third-order valence-corrected chi connectivity index (χ3v) is 3.19. The number of carbonyl (C=O) groups is 1. The second-order valence-corrected chi connectivity index (χ2v) is 4.24. The number of hydrogen-bond acceptors (Lipinski definition) is 2. The van der Waals surface area contributed by atoms with Crippen LogP contribution in [0.5, 0.6) is 0 Å². The summed E-state index contributed by atoms with van der Waals surface area (Å²) in [5.74, 6) is 0.243. The van der Waals surface area contributed by atoms with Crippen LogP contribution in [0.2, 0.25) is 0 Å². The van der Waals surface area contributed by atoms with Gasteiger partial charge in [0.05, 0.1) is 6.04 Å². The Morgan fingerprint density at radius 1 is 1.25 bits per heavy atom. The second kappa shape index (κ2) is 3.63. The topological polar surface area (TPSA) is 29.1 Å². The van der Waals surface area contributed by atoms with Crippen molar-refractivity contribution in [2.45, 2.75) is 18.9 Å². The van der Waals surface area contributed by atoms with Crippen molar-refractivity contribution in [2.75, 3.05) is 5.32 Å². The number of para-hydroxylation sites is 1. The van der Waals surface area contributed by atoms with E-state index in [0.29, 0.717) is 6.42 Å². The molecule has 0 aromatic heterocycles. The molecule has 2 aliphatic rings. The molecule has 16 heavy (non-hydrogen) atoms. The maximum Gasteiger partial charge on any atom is 0.167 e. The van der Waals surface area contributed by atoms with E-state index in [2.05, 4.69) is 23.5 Å². The molecule has 1 unspecified atom stereocenters. The lowest BCUT2D eigenvalue weighted by atomic mass is 9.92. The lowest BCUT2D eigenvalue weighted by Gasteiger charge is -2.27. The van der Waals surface area contributed by atoms with E-state index >= 15 is 0 Å². The first-order chi connectivity index (χ1) is 7.84. The van der Waals surface area contributed by atoms with Gasteiger partial charge in [-0.05, 0) is 24.1 Å². The molecule has 1 aliphatic heterocycles. The van der Waals surface area contributed by atoms with Gasteiger partial charge in [0.2, 0.25) is 0 Å². The summed E-state index contributed by atoms with van der Waals surface area (Å²) in [6.45, 7) is 0. The minimum absolute atomic E-state index is 0.178. The third-order valence-electron chi connectivity index (χ3n) is 3.19. The number of allylic oxidation sites excluding steroid dienone is 3. The van der Waals surface area contributed by atoms with Crippen molar-refractivity contribution < 1.29 is 4.79 Å². The Balaban J connectivity index is 1.92. The normalized spacial score (nSPS) is 22.6. The zero-order valence-electron chi connectivity index (χ0n) is 8.94. The third kappa shape index (κ3) is 1.47. The highest BCUT2D eigenvalue weighted by Gasteiger charge is 2.26. The molecule has 0 amide bonds. The van der Waals surface area contributed by atoms with Crippen molar-refractivity contribution in [1.82, 2.24) is 0 Å². The first-order valence-electron chi connectivity index (χ1n) is 5.59. The van der Waals surface area contributed by atoms with Gasteiger partial charge in [-0.25, -0.2) is 0 Å². The van der Waals surface area contributed by atoms with E-state index in [1.807, 2.05) is 24.3 Å². The summed E-state index contributed by atoms with van der Waals surface area (Å²) in [5.41, 5.74) is 3.10. The van der Waals surface area contributed by atoms with Crippen LogP contribution in [0.3, 0.4) is 0 Å². The van der Waals surface area contributed by atoms with Crippen LogP contribution < -0.4 is 5.32 Å². The van der Waals surface area contributed by atoms with Crippen LogP contribution in [0.1, 0.15) is 23.2 Å². The van der Waals surface area contributed by atoms with Crippen LogP contribution >= 0.6 is 0 Å². The lowest BCUT2D eigenvalue weighted by Crippen LogP contribution is -2.30. The van der Waals surface area contributed by atoms with E-state index < -0.39 is 0 Å². The van der Waals surface area contributed by atoms with Gasteiger partial charge in [-0.2, -0.15) is 0 Å². The SMILES string of the molecule is O=C1CC(C2=CC=CC2)Nc2ccccc21.